The number of hydrogen-bond donors (Lipinski definition) is 0. The first-order valence-electron chi connectivity index (χ1n) is 4.72. The van der Waals surface area contributed by atoms with Crippen molar-refractivity contribution in [1.82, 2.24) is 0 Å². The van der Waals surface area contributed by atoms with E-state index in [0.29, 0.717) is 0 Å². The van der Waals surface area contributed by atoms with E-state index >= 15 is 0 Å². The van der Waals surface area contributed by atoms with Crippen LogP contribution >= 0.6 is 0 Å². The van der Waals surface area contributed by atoms with Gasteiger partial charge in [0.15, 0.2) is 17.0 Å². The van der Waals surface area contributed by atoms with Gasteiger partial charge >= 0.3 is 0 Å². The summed E-state index contributed by atoms with van der Waals surface area (Å²) in [4.78, 5) is 32.7. The van der Waals surface area contributed by atoms with E-state index < -0.39 is 10.4 Å². The Hall–Kier alpha value is -2.50. The Morgan fingerprint density at radius 3 is 2.65 bits per heavy atom. The first-order valence-corrected chi connectivity index (χ1v) is 4.72. The highest BCUT2D eigenvalue weighted by Gasteiger charge is 2.12. The third-order valence-corrected chi connectivity index (χ3v) is 2.27. The van der Waals surface area contributed by atoms with Crippen LogP contribution in [0.2, 0.25) is 0 Å². The molecule has 0 N–H and O–H groups in total. The number of rotatable bonds is 2. The molecule has 1 aromatic carbocycles. The summed E-state index contributed by atoms with van der Waals surface area (Å²) < 4.78 is 5.17. The molecule has 17 heavy (non-hydrogen) atoms. The second kappa shape index (κ2) is 3.82. The van der Waals surface area contributed by atoms with Gasteiger partial charge in [-0.2, -0.15) is 0 Å². The molecule has 1 aromatic heterocycles. The smallest absolute Gasteiger partial charge is 0.270 e. The number of hydrogen-bond acceptors (Lipinski definition) is 5. The third kappa shape index (κ3) is 1.92. The summed E-state index contributed by atoms with van der Waals surface area (Å²) in [5.41, 5.74) is -0.506. The summed E-state index contributed by atoms with van der Waals surface area (Å²) in [6, 6.07) is 4.69. The second-order valence-corrected chi connectivity index (χ2v) is 3.47. The molecule has 0 saturated heterocycles. The third-order valence-electron chi connectivity index (χ3n) is 2.27. The Kier molecular flexibility index (Phi) is 2.47. The van der Waals surface area contributed by atoms with Crippen LogP contribution in [-0.2, 0) is 0 Å². The van der Waals surface area contributed by atoms with Gasteiger partial charge in [0, 0.05) is 25.1 Å². The lowest BCUT2D eigenvalue weighted by Crippen LogP contribution is -2.05. The van der Waals surface area contributed by atoms with Gasteiger partial charge in [0.2, 0.25) is 0 Å². The molecule has 86 valence electrons. The van der Waals surface area contributed by atoms with E-state index in [4.69, 9.17) is 4.42 Å². The lowest BCUT2D eigenvalue weighted by Gasteiger charge is -1.99. The molecule has 0 bridgehead atoms. The van der Waals surface area contributed by atoms with Gasteiger partial charge in [-0.25, -0.2) is 0 Å². The van der Waals surface area contributed by atoms with Crippen molar-refractivity contribution in [1.29, 1.82) is 0 Å². The number of ketones is 1. The van der Waals surface area contributed by atoms with Gasteiger partial charge in [0.05, 0.1) is 10.3 Å². The maximum Gasteiger partial charge on any atom is 0.270 e. The first kappa shape index (κ1) is 11.0. The lowest BCUT2D eigenvalue weighted by molar-refractivity contribution is -0.384. The maximum atomic E-state index is 11.6. The van der Waals surface area contributed by atoms with Gasteiger partial charge in [-0.3, -0.25) is 19.7 Å². The molecule has 0 saturated carbocycles. The van der Waals surface area contributed by atoms with Gasteiger partial charge in [-0.1, -0.05) is 0 Å². The van der Waals surface area contributed by atoms with Crippen molar-refractivity contribution in [2.24, 2.45) is 0 Å². The summed E-state index contributed by atoms with van der Waals surface area (Å²) in [6.45, 7) is 1.27. The van der Waals surface area contributed by atoms with Crippen molar-refractivity contribution in [3.63, 3.8) is 0 Å². The summed E-state index contributed by atoms with van der Waals surface area (Å²) in [5, 5.41) is 10.6. The minimum atomic E-state index is -0.599. The number of nitro groups is 1. The minimum Gasteiger partial charge on any atom is -0.453 e. The lowest BCUT2D eigenvalue weighted by atomic mass is 10.2. The number of carbonyl (C=O) groups excluding carboxylic acids is 1. The van der Waals surface area contributed by atoms with Crippen LogP contribution in [0.15, 0.2) is 33.5 Å². The van der Waals surface area contributed by atoms with Crippen LogP contribution in [0.25, 0.3) is 11.0 Å². The average molecular weight is 233 g/mol. The van der Waals surface area contributed by atoms with Crippen molar-refractivity contribution < 1.29 is 14.1 Å². The van der Waals surface area contributed by atoms with Gasteiger partial charge in [-0.05, 0) is 6.07 Å². The zero-order chi connectivity index (χ0) is 12.6. The molecule has 0 atom stereocenters. The summed E-state index contributed by atoms with van der Waals surface area (Å²) in [7, 11) is 0. The van der Waals surface area contributed by atoms with Crippen LogP contribution in [0.5, 0.6) is 0 Å². The van der Waals surface area contributed by atoms with E-state index in [1.54, 1.807) is 0 Å². The number of Topliss-reactive ketones (excluding diaryl/α,β-unsaturated/α-hetero) is 1. The first-order chi connectivity index (χ1) is 7.99. The SMILES string of the molecule is CC(=O)c1cc(=O)c2cc([N+](=O)[O-])ccc2o1. The molecule has 6 heteroatoms. The highest BCUT2D eigenvalue weighted by Crippen LogP contribution is 2.19. The quantitative estimate of drug-likeness (QED) is 0.449. The molecule has 6 nitrogen and oxygen atoms in total. The monoisotopic (exact) mass is 233 g/mol. The van der Waals surface area contributed by atoms with Crippen LogP contribution in [0.1, 0.15) is 17.5 Å². The zero-order valence-corrected chi connectivity index (χ0v) is 8.80. The molecular weight excluding hydrogens is 226 g/mol. The largest absolute Gasteiger partial charge is 0.453 e. The van der Waals surface area contributed by atoms with E-state index in [-0.39, 0.29) is 28.2 Å². The van der Waals surface area contributed by atoms with Crippen molar-refractivity contribution in [3.8, 4) is 0 Å². The maximum absolute atomic E-state index is 11.6. The topological polar surface area (TPSA) is 90.4 Å². The molecule has 0 unspecified atom stereocenters. The van der Waals surface area contributed by atoms with E-state index in [2.05, 4.69) is 0 Å². The number of fused-ring (bicyclic) bond motifs is 1. The van der Waals surface area contributed by atoms with Gasteiger partial charge in [-0.15, -0.1) is 0 Å². The number of nitrogens with zero attached hydrogens (tertiary/aromatic N) is 1. The fourth-order valence-corrected chi connectivity index (χ4v) is 1.43. The van der Waals surface area contributed by atoms with Crippen molar-refractivity contribution >= 4 is 22.4 Å². The predicted molar refractivity (Wildman–Crippen MR) is 59.1 cm³/mol. The Labute approximate surface area is 94.6 Å². The Morgan fingerprint density at radius 2 is 2.06 bits per heavy atom. The van der Waals surface area contributed by atoms with Gasteiger partial charge in [0.25, 0.3) is 5.69 Å². The van der Waals surface area contributed by atoms with Crippen molar-refractivity contribution in [2.75, 3.05) is 0 Å². The number of nitro benzene ring substituents is 1. The number of carbonyl (C=O) groups is 1. The molecule has 2 rings (SSSR count). The van der Waals surface area contributed by atoms with Gasteiger partial charge < -0.3 is 4.42 Å². The summed E-state index contributed by atoms with van der Waals surface area (Å²) in [5.74, 6) is -0.432. The molecular formula is C11H7NO5. The molecule has 0 fully saturated rings. The van der Waals surface area contributed by atoms with E-state index in [1.807, 2.05) is 0 Å². The molecule has 0 radical (unpaired) electrons. The Morgan fingerprint density at radius 1 is 1.35 bits per heavy atom. The van der Waals surface area contributed by atoms with E-state index in [1.165, 1.54) is 19.1 Å². The molecule has 0 spiro atoms. The Bertz CT molecular complexity index is 686. The fraction of sp³-hybridized carbons (Fsp3) is 0.0909. The molecule has 0 aliphatic rings. The molecule has 0 amide bonds. The van der Waals surface area contributed by atoms with E-state index in [9.17, 15) is 19.7 Å². The van der Waals surface area contributed by atoms with Crippen LogP contribution in [0.3, 0.4) is 0 Å². The molecule has 1 heterocycles. The number of non-ortho nitro benzene ring substituents is 1. The van der Waals surface area contributed by atoms with Crippen LogP contribution < -0.4 is 5.43 Å². The fourth-order valence-electron chi connectivity index (χ4n) is 1.43. The Balaban J connectivity index is 2.77. The number of benzene rings is 1. The van der Waals surface area contributed by atoms with Crippen molar-refractivity contribution in [3.05, 3.63) is 50.4 Å². The van der Waals surface area contributed by atoms with Crippen LogP contribution in [0, 0.1) is 10.1 Å². The van der Waals surface area contributed by atoms with E-state index in [0.717, 1.165) is 12.1 Å². The summed E-state index contributed by atoms with van der Waals surface area (Å²) in [6.07, 6.45) is 0. The zero-order valence-electron chi connectivity index (χ0n) is 8.80. The standard InChI is InChI=1S/C11H7NO5/c1-6(13)11-5-9(14)8-4-7(12(15)16)2-3-10(8)17-11/h2-5H,1H3. The highest BCUT2D eigenvalue weighted by molar-refractivity contribution is 5.93. The molecule has 0 aliphatic carbocycles. The van der Waals surface area contributed by atoms with Crippen molar-refractivity contribution in [2.45, 2.75) is 6.92 Å². The van der Waals surface area contributed by atoms with Crippen LogP contribution in [-0.4, -0.2) is 10.7 Å². The van der Waals surface area contributed by atoms with Crippen LogP contribution in [0.4, 0.5) is 5.69 Å². The molecule has 2 aromatic rings. The predicted octanol–water partition coefficient (Wildman–Crippen LogP) is 1.90. The minimum absolute atomic E-state index is 0.0589. The normalized spacial score (nSPS) is 10.4. The molecule has 0 aliphatic heterocycles. The second-order valence-electron chi connectivity index (χ2n) is 3.47. The van der Waals surface area contributed by atoms with Gasteiger partial charge in [0.1, 0.15) is 5.58 Å². The summed E-state index contributed by atoms with van der Waals surface area (Å²) >= 11 is 0. The highest BCUT2D eigenvalue weighted by atomic mass is 16.6. The average Bonchev–Trinajstić information content (AvgIpc) is 2.28.